The van der Waals surface area contributed by atoms with Gasteiger partial charge in [0.25, 0.3) is 0 Å². The molecule has 2 N–H and O–H groups in total. The maximum Gasteiger partial charge on any atom is 0.0711 e. The van der Waals surface area contributed by atoms with Gasteiger partial charge in [0.1, 0.15) is 0 Å². The number of hydrogen-bond donors (Lipinski definition) is 1. The molecule has 1 aromatic carbocycles. The van der Waals surface area contributed by atoms with E-state index in [1.165, 1.54) is 0 Å². The Morgan fingerprint density at radius 3 is 2.93 bits per heavy atom. The first kappa shape index (κ1) is 9.50. The van der Waals surface area contributed by atoms with E-state index in [1.54, 1.807) is 11.3 Å². The highest BCUT2D eigenvalue weighted by molar-refractivity contribution is 9.11. The van der Waals surface area contributed by atoms with Crippen LogP contribution in [0, 0.1) is 11.3 Å². The maximum absolute atomic E-state index is 8.68. The number of hydrogen-bond acceptors (Lipinski definition) is 3. The van der Waals surface area contributed by atoms with Crippen LogP contribution in [-0.4, -0.2) is 0 Å². The molecule has 0 radical (unpaired) electrons. The molecular weight excluding hydrogens is 260 g/mol. The topological polar surface area (TPSA) is 49.8 Å². The van der Waals surface area contributed by atoms with Crippen molar-refractivity contribution in [3.63, 3.8) is 0 Å². The van der Waals surface area contributed by atoms with E-state index in [-0.39, 0.29) is 0 Å². The predicted octanol–water partition coefficient (Wildman–Crippen LogP) is 3.31. The van der Waals surface area contributed by atoms with Crippen molar-refractivity contribution < 1.29 is 0 Å². The molecule has 1 heterocycles. The Balaban J connectivity index is 2.74. The van der Waals surface area contributed by atoms with Crippen molar-refractivity contribution in [3.8, 4) is 6.07 Å². The van der Waals surface area contributed by atoms with Crippen molar-refractivity contribution in [1.82, 2.24) is 0 Å². The van der Waals surface area contributed by atoms with Crippen LogP contribution in [0.2, 0.25) is 0 Å². The summed E-state index contributed by atoms with van der Waals surface area (Å²) >= 11 is 5.06. The minimum atomic E-state index is 0.407. The van der Waals surface area contributed by atoms with Crippen LogP contribution in [0.5, 0.6) is 0 Å². The number of halogens is 1. The standard InChI is InChI=1S/C10H7BrN2S/c11-10-5-8-6(1-2-12)3-7(13)4-9(8)14-10/h3-5H,1,13H2. The highest BCUT2D eigenvalue weighted by Crippen LogP contribution is 2.33. The second kappa shape index (κ2) is 3.60. The lowest BCUT2D eigenvalue weighted by Crippen LogP contribution is -1.88. The number of benzene rings is 1. The van der Waals surface area contributed by atoms with E-state index in [1.807, 2.05) is 18.2 Å². The monoisotopic (exact) mass is 266 g/mol. The second-order valence-electron chi connectivity index (χ2n) is 2.98. The Labute approximate surface area is 94.1 Å². The van der Waals surface area contributed by atoms with Gasteiger partial charge < -0.3 is 5.73 Å². The van der Waals surface area contributed by atoms with E-state index >= 15 is 0 Å². The molecule has 0 fully saturated rings. The molecule has 0 aliphatic rings. The number of fused-ring (bicyclic) bond motifs is 1. The van der Waals surface area contributed by atoms with Gasteiger partial charge in [-0.05, 0) is 45.1 Å². The number of nitrogens with zero attached hydrogens (tertiary/aromatic N) is 1. The molecule has 2 rings (SSSR count). The van der Waals surface area contributed by atoms with E-state index in [9.17, 15) is 0 Å². The number of nitriles is 1. The molecule has 0 aliphatic heterocycles. The number of rotatable bonds is 1. The summed E-state index contributed by atoms with van der Waals surface area (Å²) in [4.78, 5) is 0. The number of anilines is 1. The number of nitrogens with two attached hydrogens (primary N) is 1. The van der Waals surface area contributed by atoms with Crippen molar-refractivity contribution in [2.75, 3.05) is 5.73 Å². The average molecular weight is 267 g/mol. The van der Waals surface area contributed by atoms with Crippen molar-refractivity contribution in [1.29, 1.82) is 5.26 Å². The minimum absolute atomic E-state index is 0.407. The Hall–Kier alpha value is -1.05. The van der Waals surface area contributed by atoms with Gasteiger partial charge in [-0.2, -0.15) is 5.26 Å². The first-order valence-electron chi connectivity index (χ1n) is 4.05. The zero-order valence-electron chi connectivity index (χ0n) is 7.25. The first-order chi connectivity index (χ1) is 6.70. The molecule has 0 bridgehead atoms. The van der Waals surface area contributed by atoms with Crippen molar-refractivity contribution in [3.05, 3.63) is 27.5 Å². The van der Waals surface area contributed by atoms with Gasteiger partial charge in [-0.25, -0.2) is 0 Å². The van der Waals surface area contributed by atoms with Crippen LogP contribution in [0.25, 0.3) is 10.1 Å². The summed E-state index contributed by atoms with van der Waals surface area (Å²) < 4.78 is 2.19. The summed E-state index contributed by atoms with van der Waals surface area (Å²) in [7, 11) is 0. The zero-order chi connectivity index (χ0) is 10.1. The van der Waals surface area contributed by atoms with Crippen LogP contribution in [0.15, 0.2) is 22.0 Å². The Morgan fingerprint density at radius 1 is 1.43 bits per heavy atom. The maximum atomic E-state index is 8.68. The largest absolute Gasteiger partial charge is 0.399 e. The van der Waals surface area contributed by atoms with Crippen LogP contribution in [0.1, 0.15) is 5.56 Å². The third kappa shape index (κ3) is 1.61. The Kier molecular flexibility index (Phi) is 2.44. The molecule has 2 nitrogen and oxygen atoms in total. The van der Waals surface area contributed by atoms with Crippen molar-refractivity contribution in [2.24, 2.45) is 0 Å². The number of nitrogen functional groups attached to an aromatic ring is 1. The summed E-state index contributed by atoms with van der Waals surface area (Å²) in [6, 6.07) is 7.98. The third-order valence-corrected chi connectivity index (χ3v) is 3.57. The van der Waals surface area contributed by atoms with Gasteiger partial charge >= 0.3 is 0 Å². The van der Waals surface area contributed by atoms with E-state index in [0.717, 1.165) is 25.1 Å². The fourth-order valence-corrected chi connectivity index (χ4v) is 3.07. The van der Waals surface area contributed by atoms with Crippen LogP contribution in [0.3, 0.4) is 0 Å². The molecule has 4 heteroatoms. The molecule has 0 saturated carbocycles. The van der Waals surface area contributed by atoms with E-state index in [0.29, 0.717) is 6.42 Å². The second-order valence-corrected chi connectivity index (χ2v) is 5.44. The molecule has 14 heavy (non-hydrogen) atoms. The molecule has 0 unspecified atom stereocenters. The lowest BCUT2D eigenvalue weighted by Gasteiger charge is -1.99. The van der Waals surface area contributed by atoms with Gasteiger partial charge in [0, 0.05) is 10.4 Å². The van der Waals surface area contributed by atoms with Crippen molar-refractivity contribution in [2.45, 2.75) is 6.42 Å². The minimum Gasteiger partial charge on any atom is -0.399 e. The summed E-state index contributed by atoms with van der Waals surface area (Å²) in [6.07, 6.45) is 0.407. The normalized spacial score (nSPS) is 10.3. The predicted molar refractivity (Wildman–Crippen MR) is 63.3 cm³/mol. The molecule has 0 saturated heterocycles. The first-order valence-corrected chi connectivity index (χ1v) is 5.66. The molecule has 0 amide bonds. The fraction of sp³-hybridized carbons (Fsp3) is 0.100. The molecular formula is C10H7BrN2S. The van der Waals surface area contributed by atoms with Crippen LogP contribution >= 0.6 is 27.3 Å². The van der Waals surface area contributed by atoms with Gasteiger partial charge in [0.05, 0.1) is 16.3 Å². The Bertz CT molecular complexity index is 525. The van der Waals surface area contributed by atoms with Crippen LogP contribution in [-0.2, 0) is 6.42 Å². The van der Waals surface area contributed by atoms with Gasteiger partial charge in [-0.1, -0.05) is 0 Å². The molecule has 0 aliphatic carbocycles. The van der Waals surface area contributed by atoms with Gasteiger partial charge in [-0.15, -0.1) is 11.3 Å². The zero-order valence-corrected chi connectivity index (χ0v) is 9.65. The van der Waals surface area contributed by atoms with E-state index in [4.69, 9.17) is 11.0 Å². The smallest absolute Gasteiger partial charge is 0.0711 e. The molecule has 70 valence electrons. The summed E-state index contributed by atoms with van der Waals surface area (Å²) in [5.74, 6) is 0. The van der Waals surface area contributed by atoms with Gasteiger partial charge in [0.2, 0.25) is 0 Å². The molecule has 1 aromatic heterocycles. The third-order valence-electron chi connectivity index (χ3n) is 1.98. The summed E-state index contributed by atoms with van der Waals surface area (Å²) in [6.45, 7) is 0. The molecule has 0 spiro atoms. The highest BCUT2D eigenvalue weighted by Gasteiger charge is 2.06. The number of thiophene rings is 1. The summed E-state index contributed by atoms with van der Waals surface area (Å²) in [5.41, 5.74) is 7.47. The molecule has 2 aromatic rings. The highest BCUT2D eigenvalue weighted by atomic mass is 79.9. The lowest BCUT2D eigenvalue weighted by atomic mass is 10.1. The lowest BCUT2D eigenvalue weighted by molar-refractivity contribution is 1.29. The summed E-state index contributed by atoms with van der Waals surface area (Å²) in [5, 5.41) is 9.80. The van der Waals surface area contributed by atoms with Gasteiger partial charge in [0.15, 0.2) is 0 Å². The van der Waals surface area contributed by atoms with E-state index < -0.39 is 0 Å². The quantitative estimate of drug-likeness (QED) is 0.806. The molecule has 0 atom stereocenters. The van der Waals surface area contributed by atoms with E-state index in [2.05, 4.69) is 22.0 Å². The SMILES string of the molecule is N#CCc1cc(N)cc2sc(Br)cc12. The fourth-order valence-electron chi connectivity index (χ4n) is 1.44. The van der Waals surface area contributed by atoms with Crippen molar-refractivity contribution >= 4 is 43.0 Å². The average Bonchev–Trinajstić information content (AvgIpc) is 2.45. The van der Waals surface area contributed by atoms with Crippen LogP contribution in [0.4, 0.5) is 5.69 Å². The van der Waals surface area contributed by atoms with Crippen LogP contribution < -0.4 is 5.73 Å². The Morgan fingerprint density at radius 2 is 2.21 bits per heavy atom. The van der Waals surface area contributed by atoms with Gasteiger partial charge in [-0.3, -0.25) is 0 Å².